The Labute approximate surface area is 185 Å². The summed E-state index contributed by atoms with van der Waals surface area (Å²) in [6.07, 6.45) is 0. The molecule has 0 heterocycles. The molecule has 0 fully saturated rings. The van der Waals surface area contributed by atoms with Crippen LogP contribution in [-0.4, -0.2) is 0 Å². The summed E-state index contributed by atoms with van der Waals surface area (Å²) in [5, 5.41) is 4.12. The first kappa shape index (κ1) is 19.5. The van der Waals surface area contributed by atoms with Gasteiger partial charge >= 0.3 is 0 Å². The Morgan fingerprint density at radius 2 is 0.742 bits per heavy atom. The van der Waals surface area contributed by atoms with Crippen molar-refractivity contribution < 1.29 is 0 Å². The Bertz CT molecular complexity index is 1220. The molecule has 0 aliphatic rings. The van der Waals surface area contributed by atoms with Crippen LogP contribution in [0.5, 0.6) is 0 Å². The maximum Gasteiger partial charge on any atom is -0.00724 e. The Kier molecular flexibility index (Phi) is 5.74. The fraction of sp³-hybridized carbons (Fsp3) is 0. The third-order valence-electron chi connectivity index (χ3n) is 5.48. The van der Waals surface area contributed by atoms with Crippen LogP contribution < -0.4 is 15.9 Å². The number of rotatable bonds is 5. The van der Waals surface area contributed by atoms with Crippen LogP contribution in [0.1, 0.15) is 0 Å². The number of hydrogen-bond acceptors (Lipinski definition) is 0. The molecule has 0 aliphatic carbocycles. The van der Waals surface area contributed by atoms with E-state index in [1.165, 1.54) is 38.2 Å². The molecule has 0 saturated heterocycles. The molecular weight excluding hydrogens is 391 g/mol. The van der Waals surface area contributed by atoms with Crippen molar-refractivity contribution >= 4 is 23.8 Å². The van der Waals surface area contributed by atoms with Crippen molar-refractivity contribution in [1.82, 2.24) is 0 Å². The van der Waals surface area contributed by atoms with Gasteiger partial charge in [-0.25, -0.2) is 0 Å². The molecular formula is C30H23P. The molecule has 5 aromatic carbocycles. The highest BCUT2D eigenvalue weighted by Gasteiger charge is 2.21. The maximum atomic E-state index is 2.31. The lowest BCUT2D eigenvalue weighted by molar-refractivity contribution is 1.59. The molecule has 0 nitrogen and oxygen atoms in total. The van der Waals surface area contributed by atoms with Crippen LogP contribution in [0.25, 0.3) is 22.3 Å². The van der Waals surface area contributed by atoms with Gasteiger partial charge in [0.2, 0.25) is 0 Å². The van der Waals surface area contributed by atoms with Crippen LogP contribution in [0.2, 0.25) is 0 Å². The van der Waals surface area contributed by atoms with E-state index in [1.54, 1.807) is 0 Å². The van der Waals surface area contributed by atoms with Gasteiger partial charge in [0.15, 0.2) is 0 Å². The third kappa shape index (κ3) is 4.08. The zero-order valence-electron chi connectivity index (χ0n) is 17.2. The minimum absolute atomic E-state index is 0.672. The molecule has 0 N–H and O–H groups in total. The van der Waals surface area contributed by atoms with Gasteiger partial charge in [-0.1, -0.05) is 140 Å². The van der Waals surface area contributed by atoms with Gasteiger partial charge in [-0.3, -0.25) is 0 Å². The smallest absolute Gasteiger partial charge is 0.00724 e. The molecule has 148 valence electrons. The van der Waals surface area contributed by atoms with Crippen LogP contribution in [0.4, 0.5) is 0 Å². The van der Waals surface area contributed by atoms with Crippen LogP contribution in [-0.2, 0) is 0 Å². The predicted octanol–water partition coefficient (Wildman–Crippen LogP) is 6.78. The van der Waals surface area contributed by atoms with E-state index in [2.05, 4.69) is 140 Å². The zero-order valence-corrected chi connectivity index (χ0v) is 18.1. The molecule has 0 unspecified atom stereocenters. The van der Waals surface area contributed by atoms with E-state index in [0.29, 0.717) is 0 Å². The molecule has 0 atom stereocenters. The van der Waals surface area contributed by atoms with Gasteiger partial charge < -0.3 is 0 Å². The van der Waals surface area contributed by atoms with Crippen LogP contribution in [0, 0.1) is 0 Å². The third-order valence-corrected chi connectivity index (χ3v) is 7.98. The van der Waals surface area contributed by atoms with Crippen LogP contribution in [0.3, 0.4) is 0 Å². The Balaban J connectivity index is 1.74. The lowest BCUT2D eigenvalue weighted by atomic mass is 9.95. The second-order valence-corrected chi connectivity index (χ2v) is 9.62. The van der Waals surface area contributed by atoms with Crippen molar-refractivity contribution in [2.24, 2.45) is 0 Å². The van der Waals surface area contributed by atoms with E-state index in [9.17, 15) is 0 Å². The highest BCUT2D eigenvalue weighted by molar-refractivity contribution is 7.80. The molecule has 0 bridgehead atoms. The molecule has 5 aromatic rings. The first-order valence-electron chi connectivity index (χ1n) is 10.6. The van der Waals surface area contributed by atoms with Crippen molar-refractivity contribution in [2.75, 3.05) is 0 Å². The summed E-state index contributed by atoms with van der Waals surface area (Å²) in [5.41, 5.74) is 5.10. The van der Waals surface area contributed by atoms with Crippen molar-refractivity contribution in [1.29, 1.82) is 0 Å². The topological polar surface area (TPSA) is 0 Å². The molecule has 0 saturated carbocycles. The van der Waals surface area contributed by atoms with Crippen molar-refractivity contribution in [3.05, 3.63) is 140 Å². The molecule has 5 rings (SSSR count). The van der Waals surface area contributed by atoms with Gasteiger partial charge in [0.05, 0.1) is 0 Å². The van der Waals surface area contributed by atoms with Gasteiger partial charge in [0.1, 0.15) is 0 Å². The average Bonchev–Trinajstić information content (AvgIpc) is 2.86. The molecule has 0 spiro atoms. The summed E-state index contributed by atoms with van der Waals surface area (Å²) in [7, 11) is -0.672. The fourth-order valence-corrected chi connectivity index (χ4v) is 6.53. The second kappa shape index (κ2) is 9.13. The fourth-order valence-electron chi connectivity index (χ4n) is 4.07. The Morgan fingerprint density at radius 1 is 0.323 bits per heavy atom. The largest absolute Gasteiger partial charge is 0.0622 e. The van der Waals surface area contributed by atoms with Gasteiger partial charge in [0, 0.05) is 0 Å². The molecule has 0 radical (unpaired) electrons. The van der Waals surface area contributed by atoms with Crippen LogP contribution in [0.15, 0.2) is 140 Å². The first-order chi connectivity index (χ1) is 15.4. The van der Waals surface area contributed by atoms with Crippen molar-refractivity contribution in [2.45, 2.75) is 0 Å². The van der Waals surface area contributed by atoms with E-state index >= 15 is 0 Å². The summed E-state index contributed by atoms with van der Waals surface area (Å²) in [5.74, 6) is 0. The zero-order chi connectivity index (χ0) is 20.9. The minimum atomic E-state index is -0.672. The quantitative estimate of drug-likeness (QED) is 0.278. The summed E-state index contributed by atoms with van der Waals surface area (Å²) in [6.45, 7) is 0. The molecule has 1 heteroatoms. The minimum Gasteiger partial charge on any atom is -0.0622 e. The van der Waals surface area contributed by atoms with Gasteiger partial charge in [-0.15, -0.1) is 0 Å². The summed E-state index contributed by atoms with van der Waals surface area (Å²) < 4.78 is 0. The van der Waals surface area contributed by atoms with Crippen molar-refractivity contribution in [3.8, 4) is 22.3 Å². The number of benzene rings is 5. The summed E-state index contributed by atoms with van der Waals surface area (Å²) >= 11 is 0. The molecule has 0 aromatic heterocycles. The van der Waals surface area contributed by atoms with E-state index < -0.39 is 7.92 Å². The second-order valence-electron chi connectivity index (χ2n) is 7.44. The van der Waals surface area contributed by atoms with E-state index in [-0.39, 0.29) is 0 Å². The standard InChI is InChI=1S/C30H23P/c1-4-14-24(15-5-1)27-20-10-11-21-28(27)29-22-12-13-23-30(29)31(25-16-6-2-7-17-25)26-18-8-3-9-19-26/h1-23H. The summed E-state index contributed by atoms with van der Waals surface area (Å²) in [4.78, 5) is 0. The molecule has 0 aliphatic heterocycles. The van der Waals surface area contributed by atoms with Gasteiger partial charge in [-0.2, -0.15) is 0 Å². The SMILES string of the molecule is c1ccc(-c2ccccc2-c2ccccc2P(c2ccccc2)c2ccccc2)cc1. The highest BCUT2D eigenvalue weighted by atomic mass is 31.1. The van der Waals surface area contributed by atoms with E-state index in [1.807, 2.05) is 0 Å². The van der Waals surface area contributed by atoms with Gasteiger partial charge in [0.25, 0.3) is 0 Å². The van der Waals surface area contributed by atoms with E-state index in [0.717, 1.165) is 0 Å². The van der Waals surface area contributed by atoms with E-state index in [4.69, 9.17) is 0 Å². The normalized spacial score (nSPS) is 10.9. The van der Waals surface area contributed by atoms with Crippen molar-refractivity contribution in [3.63, 3.8) is 0 Å². The number of hydrogen-bond donors (Lipinski definition) is 0. The van der Waals surface area contributed by atoms with Gasteiger partial charge in [-0.05, 0) is 46.1 Å². The monoisotopic (exact) mass is 414 g/mol. The predicted molar refractivity (Wildman–Crippen MR) is 136 cm³/mol. The highest BCUT2D eigenvalue weighted by Crippen LogP contribution is 2.39. The summed E-state index contributed by atoms with van der Waals surface area (Å²) in [6, 6.07) is 50.2. The Hall–Kier alpha value is -3.47. The molecule has 0 amide bonds. The lowest BCUT2D eigenvalue weighted by Crippen LogP contribution is -2.22. The average molecular weight is 414 g/mol. The van der Waals surface area contributed by atoms with Crippen LogP contribution >= 0.6 is 7.92 Å². The Morgan fingerprint density at radius 3 is 1.32 bits per heavy atom. The molecule has 31 heavy (non-hydrogen) atoms. The lowest BCUT2D eigenvalue weighted by Gasteiger charge is -2.23. The maximum absolute atomic E-state index is 2.31. The first-order valence-corrected chi connectivity index (χ1v) is 11.9.